The highest BCUT2D eigenvalue weighted by molar-refractivity contribution is 5.85. The van der Waals surface area contributed by atoms with E-state index in [-0.39, 0.29) is 0 Å². The number of carboxylic acid groups (broad SMARTS) is 1. The summed E-state index contributed by atoms with van der Waals surface area (Å²) in [4.78, 5) is 12.6. The fourth-order valence-corrected chi connectivity index (χ4v) is 1.38. The van der Waals surface area contributed by atoms with Crippen LogP contribution in [0.25, 0.3) is 0 Å². The molecule has 0 atom stereocenters. The minimum Gasteiger partial charge on any atom is -0.478 e. The van der Waals surface area contributed by atoms with E-state index in [1.807, 2.05) is 0 Å². The topological polar surface area (TPSA) is 40.5 Å². The maximum atomic E-state index is 10.5. The van der Waals surface area contributed by atoms with Crippen LogP contribution < -0.4 is 0 Å². The molecular weight excluding hydrogens is 154 g/mol. The van der Waals surface area contributed by atoms with Crippen molar-refractivity contribution in [3.63, 3.8) is 0 Å². The van der Waals surface area contributed by atoms with E-state index < -0.39 is 5.97 Å². The van der Waals surface area contributed by atoms with Crippen LogP contribution in [0, 0.1) is 0 Å². The van der Waals surface area contributed by atoms with Crippen LogP contribution in [-0.4, -0.2) is 29.1 Å². The standard InChI is InChI=1S/C9H15NO2/c1-8(9(11)12)7-10-5-3-2-4-6-10/h7H,2-6H2,1H3,(H,11,12). The summed E-state index contributed by atoms with van der Waals surface area (Å²) >= 11 is 0. The lowest BCUT2D eigenvalue weighted by atomic mass is 10.1. The summed E-state index contributed by atoms with van der Waals surface area (Å²) < 4.78 is 0. The summed E-state index contributed by atoms with van der Waals surface area (Å²) in [7, 11) is 0. The number of likely N-dealkylation sites (tertiary alicyclic amines) is 1. The zero-order chi connectivity index (χ0) is 8.97. The second-order valence-corrected chi connectivity index (χ2v) is 3.21. The fourth-order valence-electron chi connectivity index (χ4n) is 1.38. The lowest BCUT2D eigenvalue weighted by molar-refractivity contribution is -0.132. The Morgan fingerprint density at radius 2 is 1.92 bits per heavy atom. The maximum absolute atomic E-state index is 10.5. The molecule has 1 aliphatic rings. The highest BCUT2D eigenvalue weighted by Gasteiger charge is 2.08. The Balaban J connectivity index is 2.47. The number of carboxylic acids is 1. The molecule has 0 bridgehead atoms. The van der Waals surface area contributed by atoms with E-state index in [2.05, 4.69) is 4.90 Å². The highest BCUT2D eigenvalue weighted by atomic mass is 16.4. The first-order chi connectivity index (χ1) is 5.70. The van der Waals surface area contributed by atoms with E-state index in [1.54, 1.807) is 13.1 Å². The van der Waals surface area contributed by atoms with Gasteiger partial charge in [-0.15, -0.1) is 0 Å². The predicted molar refractivity (Wildman–Crippen MR) is 46.8 cm³/mol. The van der Waals surface area contributed by atoms with Crippen molar-refractivity contribution < 1.29 is 9.90 Å². The van der Waals surface area contributed by atoms with Gasteiger partial charge in [0.05, 0.1) is 0 Å². The van der Waals surface area contributed by atoms with Crippen molar-refractivity contribution in [3.05, 3.63) is 11.8 Å². The third-order valence-electron chi connectivity index (χ3n) is 2.10. The Hall–Kier alpha value is -0.990. The number of nitrogens with zero attached hydrogens (tertiary/aromatic N) is 1. The number of piperidine rings is 1. The average Bonchev–Trinajstić information content (AvgIpc) is 2.06. The molecule has 1 rings (SSSR count). The van der Waals surface area contributed by atoms with Gasteiger partial charge < -0.3 is 10.0 Å². The summed E-state index contributed by atoms with van der Waals surface area (Å²) in [6.07, 6.45) is 5.39. The van der Waals surface area contributed by atoms with Gasteiger partial charge in [-0.3, -0.25) is 0 Å². The zero-order valence-corrected chi connectivity index (χ0v) is 7.42. The van der Waals surface area contributed by atoms with E-state index in [0.29, 0.717) is 5.57 Å². The summed E-state index contributed by atoms with van der Waals surface area (Å²) in [5, 5.41) is 8.62. The van der Waals surface area contributed by atoms with Crippen molar-refractivity contribution in [1.82, 2.24) is 4.90 Å². The van der Waals surface area contributed by atoms with Crippen LogP contribution >= 0.6 is 0 Å². The van der Waals surface area contributed by atoms with Crippen LogP contribution in [0.1, 0.15) is 26.2 Å². The molecule has 0 aliphatic carbocycles. The largest absolute Gasteiger partial charge is 0.478 e. The van der Waals surface area contributed by atoms with E-state index >= 15 is 0 Å². The molecule has 1 heterocycles. The highest BCUT2D eigenvalue weighted by Crippen LogP contribution is 2.10. The van der Waals surface area contributed by atoms with E-state index in [0.717, 1.165) is 13.1 Å². The molecule has 12 heavy (non-hydrogen) atoms. The molecule has 1 aliphatic heterocycles. The van der Waals surface area contributed by atoms with Gasteiger partial charge in [-0.25, -0.2) is 4.79 Å². The lowest BCUT2D eigenvalue weighted by Gasteiger charge is -2.25. The molecule has 0 aromatic carbocycles. The second kappa shape index (κ2) is 4.14. The van der Waals surface area contributed by atoms with Gasteiger partial charge in [0, 0.05) is 24.9 Å². The summed E-state index contributed by atoms with van der Waals surface area (Å²) in [6.45, 7) is 3.65. The van der Waals surface area contributed by atoms with Crippen molar-refractivity contribution in [2.24, 2.45) is 0 Å². The third kappa shape index (κ3) is 2.57. The Morgan fingerprint density at radius 1 is 1.33 bits per heavy atom. The first-order valence-corrected chi connectivity index (χ1v) is 4.36. The first-order valence-electron chi connectivity index (χ1n) is 4.36. The van der Waals surface area contributed by atoms with E-state index in [1.165, 1.54) is 19.3 Å². The van der Waals surface area contributed by atoms with Crippen molar-refractivity contribution in [2.75, 3.05) is 13.1 Å². The first kappa shape index (κ1) is 9.10. The molecular formula is C9H15NO2. The Morgan fingerprint density at radius 3 is 2.42 bits per heavy atom. The van der Waals surface area contributed by atoms with Gasteiger partial charge in [0.2, 0.25) is 0 Å². The van der Waals surface area contributed by atoms with Gasteiger partial charge in [-0.2, -0.15) is 0 Å². The molecule has 0 aromatic rings. The van der Waals surface area contributed by atoms with Crippen LogP contribution in [0.4, 0.5) is 0 Å². The van der Waals surface area contributed by atoms with Gasteiger partial charge in [-0.1, -0.05) is 0 Å². The van der Waals surface area contributed by atoms with Gasteiger partial charge in [0.25, 0.3) is 0 Å². The van der Waals surface area contributed by atoms with Crippen molar-refractivity contribution in [2.45, 2.75) is 26.2 Å². The Bertz CT molecular complexity index is 193. The lowest BCUT2D eigenvalue weighted by Crippen LogP contribution is -2.25. The van der Waals surface area contributed by atoms with E-state index in [9.17, 15) is 4.79 Å². The molecule has 3 heteroatoms. The van der Waals surface area contributed by atoms with Crippen molar-refractivity contribution in [3.8, 4) is 0 Å². The molecule has 3 nitrogen and oxygen atoms in total. The number of hydrogen-bond donors (Lipinski definition) is 1. The number of aliphatic carboxylic acids is 1. The summed E-state index contributed by atoms with van der Waals surface area (Å²) in [5.74, 6) is -0.819. The zero-order valence-electron chi connectivity index (χ0n) is 7.42. The predicted octanol–water partition coefficient (Wildman–Crippen LogP) is 1.46. The average molecular weight is 169 g/mol. The van der Waals surface area contributed by atoms with Crippen molar-refractivity contribution in [1.29, 1.82) is 0 Å². The third-order valence-corrected chi connectivity index (χ3v) is 2.10. The van der Waals surface area contributed by atoms with Crippen LogP contribution in [0.5, 0.6) is 0 Å². The number of carbonyl (C=O) groups is 1. The quantitative estimate of drug-likeness (QED) is 0.636. The SMILES string of the molecule is CC(=CN1CCCCC1)C(=O)O. The van der Waals surface area contributed by atoms with Gasteiger partial charge in [0.1, 0.15) is 0 Å². The van der Waals surface area contributed by atoms with Gasteiger partial charge >= 0.3 is 5.97 Å². The minimum atomic E-state index is -0.819. The molecule has 1 N–H and O–H groups in total. The van der Waals surface area contributed by atoms with Gasteiger partial charge in [0.15, 0.2) is 0 Å². The monoisotopic (exact) mass is 169 g/mol. The molecule has 0 amide bonds. The van der Waals surface area contributed by atoms with Crippen molar-refractivity contribution >= 4 is 5.97 Å². The molecule has 0 radical (unpaired) electrons. The summed E-state index contributed by atoms with van der Waals surface area (Å²) in [5.41, 5.74) is 0.428. The molecule has 0 saturated carbocycles. The second-order valence-electron chi connectivity index (χ2n) is 3.21. The van der Waals surface area contributed by atoms with Crippen LogP contribution in [0.3, 0.4) is 0 Å². The maximum Gasteiger partial charge on any atom is 0.332 e. The minimum absolute atomic E-state index is 0.428. The normalized spacial score (nSPS) is 19.4. The molecule has 0 spiro atoms. The van der Waals surface area contributed by atoms with Crippen LogP contribution in [-0.2, 0) is 4.79 Å². The van der Waals surface area contributed by atoms with Crippen LogP contribution in [0.2, 0.25) is 0 Å². The number of rotatable bonds is 2. The molecule has 68 valence electrons. The molecule has 1 saturated heterocycles. The van der Waals surface area contributed by atoms with E-state index in [4.69, 9.17) is 5.11 Å². The Kier molecular flexibility index (Phi) is 3.14. The van der Waals surface area contributed by atoms with Crippen LogP contribution in [0.15, 0.2) is 11.8 Å². The smallest absolute Gasteiger partial charge is 0.332 e. The van der Waals surface area contributed by atoms with Gasteiger partial charge in [-0.05, 0) is 26.2 Å². The fraction of sp³-hybridized carbons (Fsp3) is 0.667. The molecule has 0 aromatic heterocycles. The summed E-state index contributed by atoms with van der Waals surface area (Å²) in [6, 6.07) is 0. The molecule has 0 unspecified atom stereocenters. The molecule has 1 fully saturated rings. The number of hydrogen-bond acceptors (Lipinski definition) is 2. The Labute approximate surface area is 72.7 Å².